The molecule has 1 N–H and O–H groups in total. The molecule has 1 saturated carbocycles. The first kappa shape index (κ1) is 15.6. The minimum atomic E-state index is -0.461. The Morgan fingerprint density at radius 3 is 2.80 bits per heavy atom. The first-order valence-electron chi connectivity index (χ1n) is 8.30. The molecule has 7 heteroatoms. The molecule has 2 fully saturated rings. The van der Waals surface area contributed by atoms with E-state index in [4.69, 9.17) is 0 Å². The van der Waals surface area contributed by atoms with Crippen LogP contribution >= 0.6 is 0 Å². The van der Waals surface area contributed by atoms with Crippen molar-refractivity contribution in [2.24, 2.45) is 5.41 Å². The zero-order valence-electron chi connectivity index (χ0n) is 13.8. The van der Waals surface area contributed by atoms with Crippen LogP contribution in [0.25, 0.3) is 5.69 Å². The highest BCUT2D eigenvalue weighted by molar-refractivity contribution is 6.00. The lowest BCUT2D eigenvalue weighted by Gasteiger charge is -2.23. The van der Waals surface area contributed by atoms with Crippen molar-refractivity contribution in [1.82, 2.24) is 19.7 Å². The Bertz CT molecular complexity index is 826. The van der Waals surface area contributed by atoms with Crippen LogP contribution in [0, 0.1) is 5.41 Å². The molecule has 0 radical (unpaired) electrons. The van der Waals surface area contributed by atoms with Crippen molar-refractivity contribution in [3.8, 4) is 5.69 Å². The van der Waals surface area contributed by atoms with Crippen molar-refractivity contribution in [3.05, 3.63) is 49.6 Å². The van der Waals surface area contributed by atoms with Gasteiger partial charge in [0.15, 0.2) is 0 Å². The SMILES string of the molecule is C=CC(=O)N1CC2(CC2)C[C@H]1C(=O)Nc1ccccc1-n1cncn1. The van der Waals surface area contributed by atoms with Crippen LogP contribution in [0.15, 0.2) is 49.6 Å². The van der Waals surface area contributed by atoms with Crippen LogP contribution in [0.3, 0.4) is 0 Å². The largest absolute Gasteiger partial charge is 0.327 e. The molecule has 1 saturated heterocycles. The fraction of sp³-hybridized carbons (Fsp3) is 0.333. The van der Waals surface area contributed by atoms with E-state index >= 15 is 0 Å². The molecule has 128 valence electrons. The van der Waals surface area contributed by atoms with E-state index in [-0.39, 0.29) is 17.2 Å². The first-order valence-corrected chi connectivity index (χ1v) is 8.30. The maximum absolute atomic E-state index is 12.9. The summed E-state index contributed by atoms with van der Waals surface area (Å²) < 4.78 is 1.60. The third kappa shape index (κ3) is 2.82. The van der Waals surface area contributed by atoms with E-state index in [1.807, 2.05) is 24.3 Å². The molecular weight excluding hydrogens is 318 g/mol. The van der Waals surface area contributed by atoms with Gasteiger partial charge >= 0.3 is 0 Å². The molecule has 2 amide bonds. The monoisotopic (exact) mass is 337 g/mol. The summed E-state index contributed by atoms with van der Waals surface area (Å²) in [5, 5.41) is 7.08. The summed E-state index contributed by atoms with van der Waals surface area (Å²) in [6, 6.07) is 6.93. The zero-order chi connectivity index (χ0) is 17.4. The fourth-order valence-corrected chi connectivity index (χ4v) is 3.51. The normalized spacial score (nSPS) is 20.5. The lowest BCUT2D eigenvalue weighted by Crippen LogP contribution is -2.42. The second-order valence-electron chi connectivity index (χ2n) is 6.74. The Balaban J connectivity index is 1.58. The van der Waals surface area contributed by atoms with Crippen molar-refractivity contribution in [3.63, 3.8) is 0 Å². The summed E-state index contributed by atoms with van der Waals surface area (Å²) in [4.78, 5) is 30.6. The highest BCUT2D eigenvalue weighted by Gasteiger charge is 2.54. The second-order valence-corrected chi connectivity index (χ2v) is 6.74. The molecular formula is C18H19N5O2. The van der Waals surface area contributed by atoms with Gasteiger partial charge < -0.3 is 10.2 Å². The van der Waals surface area contributed by atoms with Crippen molar-refractivity contribution < 1.29 is 9.59 Å². The maximum atomic E-state index is 12.9. The van der Waals surface area contributed by atoms with Crippen LogP contribution in [0.2, 0.25) is 0 Å². The Morgan fingerprint density at radius 2 is 2.12 bits per heavy atom. The van der Waals surface area contributed by atoms with Crippen LogP contribution < -0.4 is 5.32 Å². The van der Waals surface area contributed by atoms with Gasteiger partial charge in [-0.1, -0.05) is 18.7 Å². The van der Waals surface area contributed by atoms with Gasteiger partial charge in [0.05, 0.1) is 11.4 Å². The average molecular weight is 337 g/mol. The lowest BCUT2D eigenvalue weighted by atomic mass is 10.0. The Hall–Kier alpha value is -2.96. The maximum Gasteiger partial charge on any atom is 0.247 e. The Kier molecular flexibility index (Phi) is 3.63. The summed E-state index contributed by atoms with van der Waals surface area (Å²) in [5.41, 5.74) is 1.50. The van der Waals surface area contributed by atoms with Gasteiger partial charge in [-0.2, -0.15) is 5.10 Å². The van der Waals surface area contributed by atoms with Crippen LogP contribution in [-0.4, -0.2) is 44.1 Å². The van der Waals surface area contributed by atoms with Crippen molar-refractivity contribution in [2.45, 2.75) is 25.3 Å². The summed E-state index contributed by atoms with van der Waals surface area (Å²) in [6.45, 7) is 4.20. The van der Waals surface area contributed by atoms with Gasteiger partial charge in [-0.15, -0.1) is 0 Å². The summed E-state index contributed by atoms with van der Waals surface area (Å²) in [6.07, 6.45) is 7.17. The van der Waals surface area contributed by atoms with E-state index in [0.29, 0.717) is 18.7 Å². The standard InChI is InChI=1S/C18H19N5O2/c1-2-16(24)22-10-18(7-8-18)9-15(22)17(25)21-13-5-3-4-6-14(13)23-12-19-11-20-23/h2-6,11-12,15H,1,7-10H2,(H,21,25)/t15-/m0/s1. The molecule has 25 heavy (non-hydrogen) atoms. The van der Waals surface area contributed by atoms with Crippen LogP contribution in [0.4, 0.5) is 5.69 Å². The van der Waals surface area contributed by atoms with Crippen molar-refractivity contribution in [2.75, 3.05) is 11.9 Å². The van der Waals surface area contributed by atoms with E-state index in [0.717, 1.165) is 18.5 Å². The van der Waals surface area contributed by atoms with E-state index in [1.54, 1.807) is 15.9 Å². The number of benzene rings is 1. The quantitative estimate of drug-likeness (QED) is 0.862. The molecule has 1 aromatic heterocycles. The van der Waals surface area contributed by atoms with Crippen molar-refractivity contribution >= 4 is 17.5 Å². The van der Waals surface area contributed by atoms with Crippen LogP contribution in [0.5, 0.6) is 0 Å². The van der Waals surface area contributed by atoms with Crippen molar-refractivity contribution in [1.29, 1.82) is 0 Å². The summed E-state index contributed by atoms with van der Waals surface area (Å²) in [5.74, 6) is -0.361. The molecule has 1 aliphatic heterocycles. The number of aromatic nitrogens is 3. The first-order chi connectivity index (χ1) is 12.1. The predicted octanol–water partition coefficient (Wildman–Crippen LogP) is 1.77. The molecule has 4 rings (SSSR count). The molecule has 1 atom stereocenters. The zero-order valence-corrected chi connectivity index (χ0v) is 13.8. The molecule has 2 heterocycles. The van der Waals surface area contributed by atoms with Gasteiger partial charge in [0.25, 0.3) is 0 Å². The van der Waals surface area contributed by atoms with E-state index in [2.05, 4.69) is 22.0 Å². The lowest BCUT2D eigenvalue weighted by molar-refractivity contribution is -0.132. The number of carbonyl (C=O) groups is 2. The van der Waals surface area contributed by atoms with Gasteiger partial charge in [0.2, 0.25) is 11.8 Å². The van der Waals surface area contributed by atoms with Gasteiger partial charge in [0, 0.05) is 6.54 Å². The minimum Gasteiger partial charge on any atom is -0.327 e. The molecule has 7 nitrogen and oxygen atoms in total. The third-order valence-electron chi connectivity index (χ3n) is 5.05. The highest BCUT2D eigenvalue weighted by Crippen LogP contribution is 2.54. The van der Waals surface area contributed by atoms with E-state index in [9.17, 15) is 9.59 Å². The fourth-order valence-electron chi connectivity index (χ4n) is 3.51. The number of likely N-dealkylation sites (tertiary alicyclic amines) is 1. The number of anilines is 1. The third-order valence-corrected chi connectivity index (χ3v) is 5.05. The number of hydrogen-bond donors (Lipinski definition) is 1. The summed E-state index contributed by atoms with van der Waals surface area (Å²) in [7, 11) is 0. The number of nitrogens with zero attached hydrogens (tertiary/aromatic N) is 4. The summed E-state index contributed by atoms with van der Waals surface area (Å²) >= 11 is 0. The van der Waals surface area contributed by atoms with Crippen LogP contribution in [0.1, 0.15) is 19.3 Å². The number of nitrogens with one attached hydrogen (secondary N) is 1. The number of carbonyl (C=O) groups excluding carboxylic acids is 2. The number of amides is 2. The number of hydrogen-bond acceptors (Lipinski definition) is 4. The molecule has 0 unspecified atom stereocenters. The smallest absolute Gasteiger partial charge is 0.247 e. The molecule has 2 aromatic rings. The second kappa shape index (κ2) is 5.84. The molecule has 1 aliphatic carbocycles. The minimum absolute atomic E-state index is 0.131. The van der Waals surface area contributed by atoms with E-state index < -0.39 is 6.04 Å². The van der Waals surface area contributed by atoms with Gasteiger partial charge in [-0.3, -0.25) is 9.59 Å². The average Bonchev–Trinajstić information content (AvgIpc) is 3.01. The predicted molar refractivity (Wildman–Crippen MR) is 92.0 cm³/mol. The Morgan fingerprint density at radius 1 is 1.32 bits per heavy atom. The molecule has 1 aromatic carbocycles. The highest BCUT2D eigenvalue weighted by atomic mass is 16.2. The molecule has 2 aliphatic rings. The van der Waals surface area contributed by atoms with Gasteiger partial charge in [-0.25, -0.2) is 9.67 Å². The topological polar surface area (TPSA) is 80.1 Å². The number of rotatable bonds is 4. The molecule has 0 bridgehead atoms. The Labute approximate surface area is 145 Å². The molecule has 1 spiro atoms. The van der Waals surface area contributed by atoms with Crippen LogP contribution in [-0.2, 0) is 9.59 Å². The van der Waals surface area contributed by atoms with Gasteiger partial charge in [-0.05, 0) is 42.9 Å². The van der Waals surface area contributed by atoms with Gasteiger partial charge in [0.1, 0.15) is 18.7 Å². The number of para-hydroxylation sites is 2. The van der Waals surface area contributed by atoms with E-state index in [1.165, 1.54) is 12.4 Å².